The number of nitrogens with one attached hydrogen (secondary N) is 1. The van der Waals surface area contributed by atoms with Crippen LogP contribution in [0.15, 0.2) is 33.6 Å². The van der Waals surface area contributed by atoms with Crippen LogP contribution in [0.5, 0.6) is 0 Å². The average molecular weight is 451 g/mol. The molecule has 0 aliphatic carbocycles. The number of ether oxygens (including phenoxy) is 2. The molecule has 0 bridgehead atoms. The maximum atomic E-state index is 12.6. The van der Waals surface area contributed by atoms with Gasteiger partial charge in [0.1, 0.15) is 20.4 Å². The van der Waals surface area contributed by atoms with Gasteiger partial charge in [-0.25, -0.2) is 9.59 Å². The van der Waals surface area contributed by atoms with Crippen molar-refractivity contribution in [1.29, 1.82) is 0 Å². The standard InChI is InChI=1S/C20H22N2O6S2/c1-6-27-18(23)14-11(2)15(19(24)28-20(3,4)5)29-17(14)21-16-12-9-7-8-10-13(12)30(25,26)22-16/h7-10H,6H2,1-5H3,(H,21,22). The Bertz CT molecular complexity index is 1160. The summed E-state index contributed by atoms with van der Waals surface area (Å²) >= 11 is 0.989. The van der Waals surface area contributed by atoms with E-state index in [2.05, 4.69) is 9.71 Å². The molecule has 8 nitrogen and oxygen atoms in total. The van der Waals surface area contributed by atoms with Gasteiger partial charge >= 0.3 is 11.9 Å². The van der Waals surface area contributed by atoms with Gasteiger partial charge in [0.2, 0.25) is 0 Å². The average Bonchev–Trinajstić information content (AvgIpc) is 3.08. The summed E-state index contributed by atoms with van der Waals surface area (Å²) in [6, 6.07) is 6.37. The first-order valence-corrected chi connectivity index (χ1v) is 11.5. The van der Waals surface area contributed by atoms with Crippen LogP contribution in [0.25, 0.3) is 0 Å². The Balaban J connectivity index is 2.07. The van der Waals surface area contributed by atoms with Crippen molar-refractivity contribution in [2.75, 3.05) is 11.9 Å². The minimum absolute atomic E-state index is 0.0748. The number of carbonyl (C=O) groups is 2. The summed E-state index contributed by atoms with van der Waals surface area (Å²) in [5.41, 5.74) is 0.211. The van der Waals surface area contributed by atoms with Crippen LogP contribution in [0, 0.1) is 6.92 Å². The van der Waals surface area contributed by atoms with Crippen LogP contribution in [0.1, 0.15) is 58.9 Å². The summed E-state index contributed by atoms with van der Waals surface area (Å²) in [5, 5.41) is 3.18. The van der Waals surface area contributed by atoms with Gasteiger partial charge in [0, 0.05) is 5.56 Å². The highest BCUT2D eigenvalue weighted by molar-refractivity contribution is 7.90. The molecule has 10 heteroatoms. The van der Waals surface area contributed by atoms with E-state index in [1.165, 1.54) is 6.07 Å². The fourth-order valence-corrected chi connectivity index (χ4v) is 5.12. The Morgan fingerprint density at radius 1 is 1.17 bits per heavy atom. The van der Waals surface area contributed by atoms with Crippen molar-refractivity contribution in [2.45, 2.75) is 45.1 Å². The number of hydrogen-bond acceptors (Lipinski definition) is 8. The molecule has 0 radical (unpaired) electrons. The molecular formula is C20H22N2O6S2. The number of thiophene rings is 1. The summed E-state index contributed by atoms with van der Waals surface area (Å²) < 4.78 is 39.0. The Labute approximate surface area is 179 Å². The summed E-state index contributed by atoms with van der Waals surface area (Å²) in [5.74, 6) is -1.13. The second-order valence-electron chi connectivity index (χ2n) is 7.52. The quantitative estimate of drug-likeness (QED) is 0.706. The summed E-state index contributed by atoms with van der Waals surface area (Å²) in [6.45, 7) is 8.67. The van der Waals surface area contributed by atoms with Gasteiger partial charge in [0.15, 0.2) is 5.84 Å². The lowest BCUT2D eigenvalue weighted by Crippen LogP contribution is -2.23. The van der Waals surface area contributed by atoms with Gasteiger partial charge in [-0.05, 0) is 52.3 Å². The third-order valence-electron chi connectivity index (χ3n) is 4.07. The molecule has 0 saturated heterocycles. The number of carbonyl (C=O) groups excluding carboxylic acids is 2. The second-order valence-corrected chi connectivity index (χ2v) is 10.1. The van der Waals surface area contributed by atoms with Crippen molar-refractivity contribution in [3.63, 3.8) is 0 Å². The van der Waals surface area contributed by atoms with Crippen molar-refractivity contribution in [3.8, 4) is 0 Å². The molecule has 0 amide bonds. The number of fused-ring (bicyclic) bond motifs is 1. The molecule has 30 heavy (non-hydrogen) atoms. The third kappa shape index (κ3) is 4.24. The van der Waals surface area contributed by atoms with Gasteiger partial charge in [-0.15, -0.1) is 15.7 Å². The molecule has 3 rings (SSSR count). The lowest BCUT2D eigenvalue weighted by molar-refractivity contribution is 0.00745. The first kappa shape index (κ1) is 22.0. The zero-order valence-corrected chi connectivity index (χ0v) is 18.9. The number of nitrogens with zero attached hydrogens (tertiary/aromatic N) is 1. The van der Waals surface area contributed by atoms with Crippen molar-refractivity contribution in [1.82, 2.24) is 0 Å². The van der Waals surface area contributed by atoms with Crippen molar-refractivity contribution in [3.05, 3.63) is 45.8 Å². The lowest BCUT2D eigenvalue weighted by Gasteiger charge is -2.19. The fraction of sp³-hybridized carbons (Fsp3) is 0.350. The van der Waals surface area contributed by atoms with E-state index in [1.54, 1.807) is 52.8 Å². The molecule has 0 fully saturated rings. The molecule has 1 aromatic heterocycles. The predicted octanol–water partition coefficient (Wildman–Crippen LogP) is 3.75. The molecule has 0 unspecified atom stereocenters. The van der Waals surface area contributed by atoms with Crippen molar-refractivity contribution in [2.24, 2.45) is 4.40 Å². The molecule has 0 atom stereocenters. The monoisotopic (exact) mass is 450 g/mol. The molecule has 0 spiro atoms. The van der Waals surface area contributed by atoms with Gasteiger partial charge in [0.05, 0.1) is 12.2 Å². The van der Waals surface area contributed by atoms with Crippen LogP contribution in [0.4, 0.5) is 5.00 Å². The number of hydrogen-bond donors (Lipinski definition) is 1. The Kier molecular flexibility index (Phi) is 5.74. The molecule has 1 aromatic carbocycles. The van der Waals surface area contributed by atoms with Gasteiger partial charge < -0.3 is 14.8 Å². The number of esters is 2. The molecule has 160 valence electrons. The number of benzene rings is 1. The van der Waals surface area contributed by atoms with Gasteiger partial charge in [-0.1, -0.05) is 12.1 Å². The smallest absolute Gasteiger partial charge is 0.349 e. The van der Waals surface area contributed by atoms with Crippen LogP contribution in [0.3, 0.4) is 0 Å². The van der Waals surface area contributed by atoms with E-state index >= 15 is 0 Å². The zero-order valence-electron chi connectivity index (χ0n) is 17.2. The van der Waals surface area contributed by atoms with Crippen LogP contribution in [0.2, 0.25) is 0 Å². The predicted molar refractivity (Wildman–Crippen MR) is 114 cm³/mol. The van der Waals surface area contributed by atoms with Crippen LogP contribution >= 0.6 is 11.3 Å². The molecule has 0 saturated carbocycles. The number of sulfonamides is 1. The van der Waals surface area contributed by atoms with Crippen LogP contribution in [-0.2, 0) is 19.5 Å². The largest absolute Gasteiger partial charge is 0.462 e. The summed E-state index contributed by atoms with van der Waals surface area (Å²) in [7, 11) is -3.84. The maximum Gasteiger partial charge on any atom is 0.349 e. The number of anilines is 1. The molecular weight excluding hydrogens is 428 g/mol. The van der Waals surface area contributed by atoms with Gasteiger partial charge in [-0.3, -0.25) is 0 Å². The van der Waals surface area contributed by atoms with E-state index in [9.17, 15) is 18.0 Å². The number of rotatable bonds is 4. The first-order valence-electron chi connectivity index (χ1n) is 9.20. The highest BCUT2D eigenvalue weighted by Crippen LogP contribution is 2.36. The van der Waals surface area contributed by atoms with Crippen LogP contribution in [-0.4, -0.2) is 38.4 Å². The van der Waals surface area contributed by atoms with Crippen molar-refractivity contribution < 1.29 is 27.5 Å². The molecule has 1 aliphatic rings. The van der Waals surface area contributed by atoms with E-state index in [0.717, 1.165) is 11.3 Å². The van der Waals surface area contributed by atoms with E-state index in [1.807, 2.05) is 0 Å². The topological polar surface area (TPSA) is 111 Å². The highest BCUT2D eigenvalue weighted by Gasteiger charge is 2.32. The third-order valence-corrected chi connectivity index (χ3v) is 6.60. The van der Waals surface area contributed by atoms with E-state index in [-0.39, 0.29) is 32.8 Å². The van der Waals surface area contributed by atoms with Gasteiger partial charge in [0.25, 0.3) is 10.0 Å². The fourth-order valence-electron chi connectivity index (χ4n) is 2.87. The van der Waals surface area contributed by atoms with E-state index < -0.39 is 27.6 Å². The van der Waals surface area contributed by atoms with Crippen LogP contribution < -0.4 is 5.32 Å². The van der Waals surface area contributed by atoms with E-state index in [0.29, 0.717) is 11.1 Å². The SMILES string of the molecule is CCOC(=O)c1c(NC2=NS(=O)(=O)c3ccccc32)sc(C(=O)OC(C)(C)C)c1C. The molecule has 1 N–H and O–H groups in total. The van der Waals surface area contributed by atoms with Gasteiger partial charge in [-0.2, -0.15) is 8.42 Å². The summed E-state index contributed by atoms with van der Waals surface area (Å²) in [4.78, 5) is 25.5. The highest BCUT2D eigenvalue weighted by atomic mass is 32.2. The Morgan fingerprint density at radius 2 is 1.83 bits per heavy atom. The second kappa shape index (κ2) is 7.84. The maximum absolute atomic E-state index is 12.6. The Hall–Kier alpha value is -2.72. The minimum Gasteiger partial charge on any atom is -0.462 e. The molecule has 2 aromatic rings. The molecule has 2 heterocycles. The summed E-state index contributed by atoms with van der Waals surface area (Å²) in [6.07, 6.45) is 0. The Morgan fingerprint density at radius 3 is 2.47 bits per heavy atom. The molecule has 1 aliphatic heterocycles. The van der Waals surface area contributed by atoms with E-state index in [4.69, 9.17) is 9.47 Å². The lowest BCUT2D eigenvalue weighted by atomic mass is 10.1. The number of amidine groups is 1. The zero-order chi connectivity index (χ0) is 22.3. The normalized spacial score (nSPS) is 14.6. The first-order chi connectivity index (χ1) is 13.9. The minimum atomic E-state index is -3.84. The van der Waals surface area contributed by atoms with Crippen molar-refractivity contribution >= 4 is 44.1 Å².